The molecule has 0 aromatic carbocycles. The molecule has 0 saturated carbocycles. The van der Waals surface area contributed by atoms with Crippen LogP contribution < -0.4 is 11.2 Å². The van der Waals surface area contributed by atoms with Crippen molar-refractivity contribution in [2.24, 2.45) is 0 Å². The third kappa shape index (κ3) is 2.27. The second-order valence-corrected chi connectivity index (χ2v) is 4.69. The SMILES string of the molecule is C#CC1(F)[C@@H](O)[C@@H]([C@@H](C)O)O[C@H]1n1cc(F)c(=O)[nH]c1=O. The number of halogens is 2. The highest BCUT2D eigenvalue weighted by atomic mass is 19.1. The van der Waals surface area contributed by atoms with Crippen LogP contribution in [0.25, 0.3) is 0 Å². The van der Waals surface area contributed by atoms with E-state index in [1.807, 2.05) is 0 Å². The molecule has 0 aliphatic carbocycles. The van der Waals surface area contributed by atoms with Crippen molar-refractivity contribution in [1.29, 1.82) is 0 Å². The zero-order valence-corrected chi connectivity index (χ0v) is 10.8. The molecule has 0 spiro atoms. The maximum Gasteiger partial charge on any atom is 0.330 e. The predicted molar refractivity (Wildman–Crippen MR) is 65.6 cm³/mol. The van der Waals surface area contributed by atoms with Crippen LogP contribution in [-0.4, -0.2) is 43.7 Å². The minimum atomic E-state index is -2.88. The number of H-pyrrole nitrogens is 1. The van der Waals surface area contributed by atoms with Crippen LogP contribution in [0.5, 0.6) is 0 Å². The summed E-state index contributed by atoms with van der Waals surface area (Å²) in [6, 6.07) is 0. The molecule has 1 saturated heterocycles. The van der Waals surface area contributed by atoms with Crippen molar-refractivity contribution in [3.63, 3.8) is 0 Å². The number of hydrogen-bond acceptors (Lipinski definition) is 5. The average molecular weight is 302 g/mol. The third-order valence-corrected chi connectivity index (χ3v) is 3.26. The fraction of sp³-hybridized carbons (Fsp3) is 0.500. The third-order valence-electron chi connectivity index (χ3n) is 3.26. The van der Waals surface area contributed by atoms with Crippen LogP contribution in [0.1, 0.15) is 13.2 Å². The summed E-state index contributed by atoms with van der Waals surface area (Å²) in [5, 5.41) is 19.3. The van der Waals surface area contributed by atoms with Gasteiger partial charge < -0.3 is 14.9 Å². The van der Waals surface area contributed by atoms with Crippen LogP contribution in [-0.2, 0) is 4.74 Å². The Morgan fingerprint density at radius 1 is 1.62 bits per heavy atom. The summed E-state index contributed by atoms with van der Waals surface area (Å²) in [6.45, 7) is 1.23. The van der Waals surface area contributed by atoms with Gasteiger partial charge in [-0.3, -0.25) is 14.3 Å². The molecule has 7 nitrogen and oxygen atoms in total. The number of nitrogens with zero attached hydrogens (tertiary/aromatic N) is 1. The molecule has 1 aliphatic rings. The molecule has 1 aromatic rings. The Kier molecular flexibility index (Phi) is 3.71. The Labute approximate surface area is 116 Å². The lowest BCUT2D eigenvalue weighted by molar-refractivity contribution is -0.0805. The van der Waals surface area contributed by atoms with Gasteiger partial charge in [0.2, 0.25) is 11.5 Å². The van der Waals surface area contributed by atoms with E-state index in [9.17, 15) is 28.6 Å². The molecule has 1 fully saturated rings. The van der Waals surface area contributed by atoms with Crippen LogP contribution >= 0.6 is 0 Å². The first-order chi connectivity index (χ1) is 9.72. The number of nitrogens with one attached hydrogen (secondary N) is 1. The minimum Gasteiger partial charge on any atom is -0.391 e. The van der Waals surface area contributed by atoms with Gasteiger partial charge in [-0.25, -0.2) is 9.18 Å². The van der Waals surface area contributed by atoms with Gasteiger partial charge in [0.1, 0.15) is 12.2 Å². The molecule has 2 rings (SSSR count). The first-order valence-corrected chi connectivity index (χ1v) is 5.91. The van der Waals surface area contributed by atoms with Crippen molar-refractivity contribution in [3.8, 4) is 12.3 Å². The average Bonchev–Trinajstić information content (AvgIpc) is 2.68. The number of alkyl halides is 1. The zero-order valence-electron chi connectivity index (χ0n) is 10.8. The van der Waals surface area contributed by atoms with Crippen molar-refractivity contribution in [3.05, 3.63) is 32.9 Å². The molecule has 5 atom stereocenters. The van der Waals surface area contributed by atoms with Crippen molar-refractivity contribution in [2.45, 2.75) is 37.1 Å². The van der Waals surface area contributed by atoms with E-state index in [1.165, 1.54) is 6.92 Å². The lowest BCUT2D eigenvalue weighted by Gasteiger charge is -2.23. The van der Waals surface area contributed by atoms with E-state index in [2.05, 4.69) is 0 Å². The van der Waals surface area contributed by atoms with Gasteiger partial charge in [-0.2, -0.15) is 4.39 Å². The van der Waals surface area contributed by atoms with E-state index in [1.54, 1.807) is 10.9 Å². The molecular formula is C12H12F2N2O5. The van der Waals surface area contributed by atoms with Crippen LogP contribution in [0.3, 0.4) is 0 Å². The van der Waals surface area contributed by atoms with E-state index < -0.39 is 47.3 Å². The second-order valence-electron chi connectivity index (χ2n) is 4.69. The minimum absolute atomic E-state index is 0.391. The molecule has 21 heavy (non-hydrogen) atoms. The fourth-order valence-corrected chi connectivity index (χ4v) is 2.14. The first kappa shape index (κ1) is 15.4. The van der Waals surface area contributed by atoms with Gasteiger partial charge in [-0.15, -0.1) is 6.42 Å². The molecular weight excluding hydrogens is 290 g/mol. The number of aliphatic hydroxyl groups is 2. The first-order valence-electron chi connectivity index (χ1n) is 5.91. The van der Waals surface area contributed by atoms with Crippen LogP contribution in [0.2, 0.25) is 0 Å². The summed E-state index contributed by atoms with van der Waals surface area (Å²) in [4.78, 5) is 24.2. The number of aliphatic hydroxyl groups excluding tert-OH is 2. The van der Waals surface area contributed by atoms with E-state index in [0.717, 1.165) is 0 Å². The van der Waals surface area contributed by atoms with E-state index in [0.29, 0.717) is 10.8 Å². The Morgan fingerprint density at radius 3 is 2.76 bits per heavy atom. The molecule has 0 amide bonds. The highest BCUT2D eigenvalue weighted by Gasteiger charge is 2.59. The molecule has 1 unspecified atom stereocenters. The molecule has 9 heteroatoms. The maximum absolute atomic E-state index is 14.7. The van der Waals surface area contributed by atoms with Crippen LogP contribution in [0, 0.1) is 18.2 Å². The summed E-state index contributed by atoms with van der Waals surface area (Å²) in [5.74, 6) is 0.304. The van der Waals surface area contributed by atoms with Gasteiger partial charge in [0, 0.05) is 0 Å². The van der Waals surface area contributed by atoms with Gasteiger partial charge in [-0.1, -0.05) is 5.92 Å². The highest BCUT2D eigenvalue weighted by molar-refractivity contribution is 5.20. The lowest BCUT2D eigenvalue weighted by atomic mass is 9.95. The quantitative estimate of drug-likeness (QED) is 0.586. The second kappa shape index (κ2) is 5.07. The number of hydrogen-bond donors (Lipinski definition) is 3. The fourth-order valence-electron chi connectivity index (χ4n) is 2.14. The number of ether oxygens (including phenoxy) is 1. The predicted octanol–water partition coefficient (Wildman–Crippen LogP) is -1.34. The van der Waals surface area contributed by atoms with E-state index in [4.69, 9.17) is 11.2 Å². The topological polar surface area (TPSA) is 105 Å². The number of aromatic nitrogens is 2. The van der Waals surface area contributed by atoms with Crippen molar-refractivity contribution in [2.75, 3.05) is 0 Å². The Hall–Kier alpha value is -2.02. The maximum atomic E-state index is 14.7. The number of terminal acetylenes is 1. The Bertz CT molecular complexity index is 707. The molecule has 2 heterocycles. The van der Waals surface area contributed by atoms with E-state index in [-0.39, 0.29) is 0 Å². The normalized spacial score (nSPS) is 33.6. The summed E-state index contributed by atoms with van der Waals surface area (Å²) in [7, 11) is 0. The summed E-state index contributed by atoms with van der Waals surface area (Å²) >= 11 is 0. The summed E-state index contributed by atoms with van der Waals surface area (Å²) in [6.07, 6.45) is -1.08. The summed E-state index contributed by atoms with van der Waals surface area (Å²) < 4.78 is 33.4. The lowest BCUT2D eigenvalue weighted by Crippen LogP contribution is -2.46. The monoisotopic (exact) mass is 302 g/mol. The van der Waals surface area contributed by atoms with Gasteiger partial charge in [-0.05, 0) is 6.92 Å². The van der Waals surface area contributed by atoms with Crippen LogP contribution in [0.4, 0.5) is 8.78 Å². The van der Waals surface area contributed by atoms with Gasteiger partial charge in [0.25, 0.3) is 5.56 Å². The summed E-state index contributed by atoms with van der Waals surface area (Å²) in [5.41, 5.74) is -5.33. The zero-order chi connectivity index (χ0) is 15.9. The molecule has 1 aromatic heterocycles. The Morgan fingerprint density at radius 2 is 2.24 bits per heavy atom. The Balaban J connectivity index is 2.58. The molecule has 0 bridgehead atoms. The molecule has 114 valence electrons. The largest absolute Gasteiger partial charge is 0.391 e. The van der Waals surface area contributed by atoms with Crippen LogP contribution in [0.15, 0.2) is 15.8 Å². The van der Waals surface area contributed by atoms with Crippen molar-refractivity contribution >= 4 is 0 Å². The number of aromatic amines is 1. The van der Waals surface area contributed by atoms with Gasteiger partial charge >= 0.3 is 5.69 Å². The highest BCUT2D eigenvalue weighted by Crippen LogP contribution is 2.41. The molecule has 0 radical (unpaired) electrons. The van der Waals surface area contributed by atoms with Gasteiger partial charge in [0.05, 0.1) is 12.3 Å². The van der Waals surface area contributed by atoms with E-state index >= 15 is 0 Å². The van der Waals surface area contributed by atoms with Crippen molar-refractivity contribution < 1.29 is 23.7 Å². The number of rotatable bonds is 2. The molecule has 3 N–H and O–H groups in total. The van der Waals surface area contributed by atoms with Crippen molar-refractivity contribution in [1.82, 2.24) is 9.55 Å². The standard InChI is InChI=1S/C12H12F2N2O5/c1-3-12(14)8(18)7(5(2)17)21-10(12)16-4-6(13)9(19)15-11(16)20/h1,4-5,7-8,10,17-18H,2H3,(H,15,19,20)/t5-,7-,8+,10-,12?/m1/s1. The smallest absolute Gasteiger partial charge is 0.330 e. The molecule has 1 aliphatic heterocycles. The van der Waals surface area contributed by atoms with Gasteiger partial charge in [0.15, 0.2) is 6.23 Å².